The van der Waals surface area contributed by atoms with E-state index in [1.165, 1.54) is 4.90 Å². The second-order valence-corrected chi connectivity index (χ2v) is 5.98. The summed E-state index contributed by atoms with van der Waals surface area (Å²) in [4.78, 5) is 26.0. The molecule has 1 amide bonds. The van der Waals surface area contributed by atoms with Crippen LogP contribution in [0.5, 0.6) is 0 Å². The van der Waals surface area contributed by atoms with E-state index in [0.717, 1.165) is 12.8 Å². The summed E-state index contributed by atoms with van der Waals surface area (Å²) in [5, 5.41) is 13.5. The molecule has 2 heterocycles. The Bertz CT molecular complexity index is 470. The monoisotopic (exact) mass is 328 g/mol. The van der Waals surface area contributed by atoms with Crippen molar-refractivity contribution in [3.8, 4) is 0 Å². The van der Waals surface area contributed by atoms with Crippen molar-refractivity contribution < 1.29 is 19.3 Å². The van der Waals surface area contributed by atoms with Gasteiger partial charge in [-0.3, -0.25) is 0 Å². The summed E-state index contributed by atoms with van der Waals surface area (Å²) in [7, 11) is 0. The number of guanidine groups is 1. The molecule has 9 heteroatoms. The fourth-order valence-corrected chi connectivity index (χ4v) is 2.73. The number of carbonyl (C=O) groups excluding carboxylic acids is 1. The van der Waals surface area contributed by atoms with Gasteiger partial charge in [-0.1, -0.05) is 20.3 Å². The SMILES string of the molecule is CCCCOC(=O)N1CCN(CC2COCC2C)C1=N[N+](=O)[O-]. The highest BCUT2D eigenvalue weighted by atomic mass is 16.7. The lowest BCUT2D eigenvalue weighted by Crippen LogP contribution is -2.41. The van der Waals surface area contributed by atoms with Gasteiger partial charge in [-0.25, -0.2) is 19.8 Å². The zero-order chi connectivity index (χ0) is 16.8. The molecule has 2 unspecified atom stereocenters. The number of carbonyl (C=O) groups is 1. The highest BCUT2D eigenvalue weighted by Gasteiger charge is 2.37. The van der Waals surface area contributed by atoms with Crippen LogP contribution >= 0.6 is 0 Å². The molecule has 130 valence electrons. The maximum absolute atomic E-state index is 12.1. The number of amides is 1. The van der Waals surface area contributed by atoms with Crippen LogP contribution in [0.3, 0.4) is 0 Å². The molecule has 0 saturated carbocycles. The summed E-state index contributed by atoms with van der Waals surface area (Å²) >= 11 is 0. The Balaban J connectivity index is 2.03. The lowest BCUT2D eigenvalue weighted by atomic mass is 9.98. The van der Waals surface area contributed by atoms with Gasteiger partial charge < -0.3 is 14.4 Å². The van der Waals surface area contributed by atoms with E-state index in [1.807, 2.05) is 6.92 Å². The lowest BCUT2D eigenvalue weighted by molar-refractivity contribution is -0.486. The predicted octanol–water partition coefficient (Wildman–Crippen LogP) is 1.37. The maximum Gasteiger partial charge on any atom is 0.416 e. The molecule has 2 aliphatic rings. The van der Waals surface area contributed by atoms with Gasteiger partial charge in [0.1, 0.15) is 5.10 Å². The molecule has 9 nitrogen and oxygen atoms in total. The summed E-state index contributed by atoms with van der Waals surface area (Å²) in [5.74, 6) is 0.732. The molecule has 0 aliphatic carbocycles. The third-order valence-electron chi connectivity index (χ3n) is 4.20. The van der Waals surface area contributed by atoms with Gasteiger partial charge in [-0.15, -0.1) is 0 Å². The number of unbranched alkanes of at least 4 members (excludes halogenated alkanes) is 1. The van der Waals surface area contributed by atoms with Crippen molar-refractivity contribution in [2.75, 3.05) is 39.5 Å². The first kappa shape index (κ1) is 17.5. The molecule has 0 radical (unpaired) electrons. The maximum atomic E-state index is 12.1. The largest absolute Gasteiger partial charge is 0.449 e. The number of hydrazone groups is 1. The normalized spacial score (nSPS) is 26.1. The predicted molar refractivity (Wildman–Crippen MR) is 82.4 cm³/mol. The van der Waals surface area contributed by atoms with Crippen molar-refractivity contribution in [1.82, 2.24) is 9.80 Å². The third-order valence-corrected chi connectivity index (χ3v) is 4.20. The minimum Gasteiger partial charge on any atom is -0.449 e. The number of ether oxygens (including phenoxy) is 2. The van der Waals surface area contributed by atoms with Crippen LogP contribution in [0.15, 0.2) is 5.10 Å². The van der Waals surface area contributed by atoms with E-state index < -0.39 is 11.1 Å². The van der Waals surface area contributed by atoms with Crippen molar-refractivity contribution in [3.63, 3.8) is 0 Å². The van der Waals surface area contributed by atoms with Gasteiger partial charge in [-0.2, -0.15) is 0 Å². The summed E-state index contributed by atoms with van der Waals surface area (Å²) < 4.78 is 10.6. The van der Waals surface area contributed by atoms with Crippen LogP contribution in [0.2, 0.25) is 0 Å². The Hall–Kier alpha value is -1.90. The average Bonchev–Trinajstić information content (AvgIpc) is 3.07. The number of rotatable bonds is 6. The fourth-order valence-electron chi connectivity index (χ4n) is 2.73. The lowest BCUT2D eigenvalue weighted by Gasteiger charge is -2.23. The van der Waals surface area contributed by atoms with Gasteiger partial charge in [0.2, 0.25) is 0 Å². The molecular formula is C14H24N4O5. The smallest absolute Gasteiger partial charge is 0.416 e. The molecule has 2 fully saturated rings. The van der Waals surface area contributed by atoms with Crippen LogP contribution in [-0.4, -0.2) is 66.3 Å². The van der Waals surface area contributed by atoms with Gasteiger partial charge in [0, 0.05) is 25.6 Å². The summed E-state index contributed by atoms with van der Waals surface area (Å²) in [5.41, 5.74) is 0. The van der Waals surface area contributed by atoms with E-state index in [1.54, 1.807) is 4.90 Å². The summed E-state index contributed by atoms with van der Waals surface area (Å²) in [6, 6.07) is 0. The highest BCUT2D eigenvalue weighted by molar-refractivity contribution is 5.95. The Kier molecular flexibility index (Phi) is 6.14. The first-order valence-electron chi connectivity index (χ1n) is 8.03. The molecule has 23 heavy (non-hydrogen) atoms. The van der Waals surface area contributed by atoms with Gasteiger partial charge in [0.15, 0.2) is 5.03 Å². The quantitative estimate of drug-likeness (QED) is 0.415. The standard InChI is InChI=1S/C14H24N4O5/c1-3-4-7-23-14(19)17-6-5-16(13(17)15-18(20)21)8-12-10-22-9-11(12)2/h11-12H,3-10H2,1-2H3. The minimum absolute atomic E-state index is 0.0654. The second-order valence-electron chi connectivity index (χ2n) is 5.98. The zero-order valence-corrected chi connectivity index (χ0v) is 13.6. The van der Waals surface area contributed by atoms with Gasteiger partial charge >= 0.3 is 6.09 Å². The Morgan fingerprint density at radius 2 is 2.26 bits per heavy atom. The number of hydrogen-bond acceptors (Lipinski definition) is 5. The van der Waals surface area contributed by atoms with Crippen LogP contribution < -0.4 is 0 Å². The second kappa shape index (κ2) is 8.09. The summed E-state index contributed by atoms with van der Waals surface area (Å²) in [6.07, 6.45) is 1.11. The number of hydrogen-bond donors (Lipinski definition) is 0. The molecule has 0 aromatic rings. The van der Waals surface area contributed by atoms with Gasteiger partial charge in [0.25, 0.3) is 5.96 Å². The number of nitrogens with zero attached hydrogens (tertiary/aromatic N) is 4. The van der Waals surface area contributed by atoms with E-state index in [4.69, 9.17) is 9.47 Å². The Morgan fingerprint density at radius 1 is 1.48 bits per heavy atom. The summed E-state index contributed by atoms with van der Waals surface area (Å²) in [6.45, 7) is 7.17. The first-order chi connectivity index (χ1) is 11.0. The van der Waals surface area contributed by atoms with Crippen molar-refractivity contribution in [1.29, 1.82) is 0 Å². The molecular weight excluding hydrogens is 304 g/mol. The van der Waals surface area contributed by atoms with Crippen molar-refractivity contribution in [2.24, 2.45) is 16.9 Å². The van der Waals surface area contributed by atoms with E-state index >= 15 is 0 Å². The van der Waals surface area contributed by atoms with E-state index in [-0.39, 0.29) is 11.9 Å². The van der Waals surface area contributed by atoms with Crippen LogP contribution in [0.25, 0.3) is 0 Å². The molecule has 0 N–H and O–H groups in total. The van der Waals surface area contributed by atoms with E-state index in [9.17, 15) is 14.9 Å². The van der Waals surface area contributed by atoms with E-state index in [2.05, 4.69) is 12.0 Å². The van der Waals surface area contributed by atoms with E-state index in [0.29, 0.717) is 45.4 Å². The van der Waals surface area contributed by atoms with Gasteiger partial charge in [0.05, 0.1) is 19.8 Å². The molecule has 2 saturated heterocycles. The molecule has 2 rings (SSSR count). The van der Waals surface area contributed by atoms with Crippen LogP contribution in [0.1, 0.15) is 26.7 Å². The van der Waals surface area contributed by atoms with Crippen molar-refractivity contribution in [3.05, 3.63) is 10.1 Å². The average molecular weight is 328 g/mol. The van der Waals surface area contributed by atoms with Crippen molar-refractivity contribution >= 4 is 12.1 Å². The zero-order valence-electron chi connectivity index (χ0n) is 13.6. The number of nitro groups is 1. The van der Waals surface area contributed by atoms with Crippen LogP contribution in [0.4, 0.5) is 4.79 Å². The molecule has 2 atom stereocenters. The third kappa shape index (κ3) is 4.54. The van der Waals surface area contributed by atoms with Gasteiger partial charge in [-0.05, 0) is 12.3 Å². The molecule has 0 aromatic heterocycles. The topological polar surface area (TPSA) is 97.5 Å². The Labute approximate surface area is 135 Å². The molecule has 0 bridgehead atoms. The van der Waals surface area contributed by atoms with Crippen LogP contribution in [-0.2, 0) is 9.47 Å². The van der Waals surface area contributed by atoms with Crippen molar-refractivity contribution in [2.45, 2.75) is 26.7 Å². The Morgan fingerprint density at radius 3 is 2.87 bits per heavy atom. The minimum atomic E-state index is -0.769. The molecule has 2 aliphatic heterocycles. The first-order valence-corrected chi connectivity index (χ1v) is 8.03. The van der Waals surface area contributed by atoms with Crippen LogP contribution in [0, 0.1) is 22.0 Å². The highest BCUT2D eigenvalue weighted by Crippen LogP contribution is 2.23. The fraction of sp³-hybridized carbons (Fsp3) is 0.857. The molecule has 0 spiro atoms. The molecule has 0 aromatic carbocycles.